The second-order valence-corrected chi connectivity index (χ2v) is 6.74. The fourth-order valence-electron chi connectivity index (χ4n) is 3.32. The summed E-state index contributed by atoms with van der Waals surface area (Å²) < 4.78 is 0. The molecule has 1 N–H and O–H groups in total. The zero-order valence-corrected chi connectivity index (χ0v) is 14.8. The molecule has 24 heavy (non-hydrogen) atoms. The fourth-order valence-corrected chi connectivity index (χ4v) is 3.32. The standard InChI is InChI=1S/C20H28N4/c1-3-11-21-19-14-16(2)22-20(23-19)24-12-9-18(10-13-24)15-17-7-5-4-6-8-17/h4-8,14,18H,3,9-13,15H2,1-2H3,(H,21,22,23). The van der Waals surface area contributed by atoms with E-state index in [2.05, 4.69) is 52.5 Å². The summed E-state index contributed by atoms with van der Waals surface area (Å²) in [5, 5.41) is 3.38. The van der Waals surface area contributed by atoms with Crippen LogP contribution in [0.25, 0.3) is 0 Å². The maximum Gasteiger partial charge on any atom is 0.227 e. The molecule has 0 unspecified atom stereocenters. The smallest absolute Gasteiger partial charge is 0.227 e. The molecule has 0 atom stereocenters. The van der Waals surface area contributed by atoms with Crippen LogP contribution in [-0.2, 0) is 6.42 Å². The van der Waals surface area contributed by atoms with E-state index in [4.69, 9.17) is 4.98 Å². The van der Waals surface area contributed by atoms with Crippen LogP contribution in [0.4, 0.5) is 11.8 Å². The number of aryl methyl sites for hydroxylation is 1. The molecule has 0 saturated carbocycles. The van der Waals surface area contributed by atoms with Gasteiger partial charge in [0.25, 0.3) is 0 Å². The van der Waals surface area contributed by atoms with Crippen molar-refractivity contribution in [2.24, 2.45) is 5.92 Å². The van der Waals surface area contributed by atoms with Crippen LogP contribution in [-0.4, -0.2) is 29.6 Å². The van der Waals surface area contributed by atoms with Crippen molar-refractivity contribution in [3.05, 3.63) is 47.7 Å². The first-order chi connectivity index (χ1) is 11.7. The first-order valence-electron chi connectivity index (χ1n) is 9.13. The summed E-state index contributed by atoms with van der Waals surface area (Å²) in [5.74, 6) is 2.60. The molecule has 0 radical (unpaired) electrons. The van der Waals surface area contributed by atoms with E-state index in [9.17, 15) is 0 Å². The van der Waals surface area contributed by atoms with E-state index in [1.165, 1.54) is 24.8 Å². The van der Waals surface area contributed by atoms with Crippen LogP contribution in [0, 0.1) is 12.8 Å². The molecule has 1 aliphatic heterocycles. The summed E-state index contributed by atoms with van der Waals surface area (Å²) in [7, 11) is 0. The highest BCUT2D eigenvalue weighted by atomic mass is 15.3. The van der Waals surface area contributed by atoms with Gasteiger partial charge in [-0.3, -0.25) is 0 Å². The third kappa shape index (κ3) is 4.47. The van der Waals surface area contributed by atoms with Crippen LogP contribution in [0.1, 0.15) is 37.4 Å². The van der Waals surface area contributed by atoms with E-state index in [1.807, 2.05) is 13.0 Å². The predicted molar refractivity (Wildman–Crippen MR) is 101 cm³/mol. The first kappa shape index (κ1) is 16.7. The molecule has 0 bridgehead atoms. The van der Waals surface area contributed by atoms with Gasteiger partial charge in [-0.15, -0.1) is 0 Å². The molecule has 1 aliphatic rings. The number of hydrogen-bond acceptors (Lipinski definition) is 4. The van der Waals surface area contributed by atoms with Gasteiger partial charge in [0.1, 0.15) is 5.82 Å². The molecule has 0 spiro atoms. The van der Waals surface area contributed by atoms with E-state index >= 15 is 0 Å². The Hall–Kier alpha value is -2.10. The summed E-state index contributed by atoms with van der Waals surface area (Å²) in [4.78, 5) is 11.7. The van der Waals surface area contributed by atoms with Crippen molar-refractivity contribution in [2.75, 3.05) is 29.9 Å². The average molecular weight is 324 g/mol. The van der Waals surface area contributed by atoms with Crippen molar-refractivity contribution in [1.29, 1.82) is 0 Å². The van der Waals surface area contributed by atoms with Crippen LogP contribution in [0.5, 0.6) is 0 Å². The molecule has 1 aromatic heterocycles. The van der Waals surface area contributed by atoms with Crippen molar-refractivity contribution in [3.8, 4) is 0 Å². The van der Waals surface area contributed by atoms with Crippen LogP contribution in [0.3, 0.4) is 0 Å². The van der Waals surface area contributed by atoms with Gasteiger partial charge in [-0.2, -0.15) is 4.98 Å². The van der Waals surface area contributed by atoms with Gasteiger partial charge < -0.3 is 10.2 Å². The van der Waals surface area contributed by atoms with Gasteiger partial charge in [0.2, 0.25) is 5.95 Å². The third-order valence-electron chi connectivity index (χ3n) is 4.66. The normalized spacial score (nSPS) is 15.5. The van der Waals surface area contributed by atoms with Crippen LogP contribution >= 0.6 is 0 Å². The first-order valence-corrected chi connectivity index (χ1v) is 9.13. The van der Waals surface area contributed by atoms with Crippen molar-refractivity contribution >= 4 is 11.8 Å². The summed E-state index contributed by atoms with van der Waals surface area (Å²) in [6, 6.07) is 12.9. The summed E-state index contributed by atoms with van der Waals surface area (Å²) in [6.45, 7) is 7.27. The molecule has 1 fully saturated rings. The summed E-state index contributed by atoms with van der Waals surface area (Å²) in [5.41, 5.74) is 2.49. The maximum absolute atomic E-state index is 4.71. The Bertz CT molecular complexity index is 633. The molecule has 2 heterocycles. The summed E-state index contributed by atoms with van der Waals surface area (Å²) >= 11 is 0. The predicted octanol–water partition coefficient (Wildman–Crippen LogP) is 4.07. The zero-order valence-electron chi connectivity index (χ0n) is 14.8. The fraction of sp³-hybridized carbons (Fsp3) is 0.500. The number of benzene rings is 1. The Morgan fingerprint density at radius 1 is 1.12 bits per heavy atom. The number of rotatable bonds is 6. The lowest BCUT2D eigenvalue weighted by Gasteiger charge is -2.32. The minimum Gasteiger partial charge on any atom is -0.370 e. The molecule has 128 valence electrons. The molecular formula is C20H28N4. The second kappa shape index (κ2) is 8.13. The van der Waals surface area contributed by atoms with E-state index < -0.39 is 0 Å². The van der Waals surface area contributed by atoms with E-state index in [0.29, 0.717) is 0 Å². The van der Waals surface area contributed by atoms with Crippen LogP contribution in [0.15, 0.2) is 36.4 Å². The van der Waals surface area contributed by atoms with E-state index in [1.54, 1.807) is 0 Å². The Kier molecular flexibility index (Phi) is 5.68. The Balaban J connectivity index is 1.59. The highest BCUT2D eigenvalue weighted by molar-refractivity contribution is 5.43. The Morgan fingerprint density at radius 2 is 1.88 bits per heavy atom. The van der Waals surface area contributed by atoms with Crippen LogP contribution < -0.4 is 10.2 Å². The van der Waals surface area contributed by atoms with Crippen molar-refractivity contribution in [3.63, 3.8) is 0 Å². The number of anilines is 2. The van der Waals surface area contributed by atoms with Gasteiger partial charge in [0.15, 0.2) is 0 Å². The average Bonchev–Trinajstić information content (AvgIpc) is 2.61. The Morgan fingerprint density at radius 3 is 2.58 bits per heavy atom. The zero-order chi connectivity index (χ0) is 16.8. The lowest BCUT2D eigenvalue weighted by atomic mass is 9.90. The molecule has 2 aromatic rings. The third-order valence-corrected chi connectivity index (χ3v) is 4.66. The molecule has 4 nitrogen and oxygen atoms in total. The molecule has 0 amide bonds. The lowest BCUT2D eigenvalue weighted by Crippen LogP contribution is -2.35. The van der Waals surface area contributed by atoms with Crippen molar-refractivity contribution < 1.29 is 0 Å². The lowest BCUT2D eigenvalue weighted by molar-refractivity contribution is 0.400. The highest BCUT2D eigenvalue weighted by Gasteiger charge is 2.21. The highest BCUT2D eigenvalue weighted by Crippen LogP contribution is 2.24. The maximum atomic E-state index is 4.71. The topological polar surface area (TPSA) is 41.1 Å². The van der Waals surface area contributed by atoms with E-state index in [0.717, 1.165) is 49.4 Å². The number of nitrogens with zero attached hydrogens (tertiary/aromatic N) is 3. The minimum absolute atomic E-state index is 0.770. The number of hydrogen-bond donors (Lipinski definition) is 1. The molecule has 4 heteroatoms. The molecular weight excluding hydrogens is 296 g/mol. The Labute approximate surface area is 145 Å². The number of piperidine rings is 1. The van der Waals surface area contributed by atoms with Crippen LogP contribution in [0.2, 0.25) is 0 Å². The van der Waals surface area contributed by atoms with Gasteiger partial charge in [0.05, 0.1) is 0 Å². The van der Waals surface area contributed by atoms with Gasteiger partial charge in [-0.25, -0.2) is 4.98 Å². The van der Waals surface area contributed by atoms with E-state index in [-0.39, 0.29) is 0 Å². The van der Waals surface area contributed by atoms with Crippen molar-refractivity contribution in [1.82, 2.24) is 9.97 Å². The van der Waals surface area contributed by atoms with Gasteiger partial charge in [0, 0.05) is 31.4 Å². The number of nitrogens with one attached hydrogen (secondary N) is 1. The SMILES string of the molecule is CCCNc1cc(C)nc(N2CCC(Cc3ccccc3)CC2)n1. The quantitative estimate of drug-likeness (QED) is 0.870. The largest absolute Gasteiger partial charge is 0.370 e. The minimum atomic E-state index is 0.770. The van der Waals surface area contributed by atoms with Gasteiger partial charge in [-0.1, -0.05) is 37.3 Å². The molecule has 1 aromatic carbocycles. The van der Waals surface area contributed by atoms with Gasteiger partial charge >= 0.3 is 0 Å². The molecule has 1 saturated heterocycles. The van der Waals surface area contributed by atoms with Crippen molar-refractivity contribution in [2.45, 2.75) is 39.5 Å². The van der Waals surface area contributed by atoms with Gasteiger partial charge in [-0.05, 0) is 44.1 Å². The monoisotopic (exact) mass is 324 g/mol. The molecule has 3 rings (SSSR count). The summed E-state index contributed by atoms with van der Waals surface area (Å²) in [6.07, 6.45) is 4.71. The number of aromatic nitrogens is 2. The second-order valence-electron chi connectivity index (χ2n) is 6.74. The molecule has 0 aliphatic carbocycles.